The second-order valence-electron chi connectivity index (χ2n) is 4.62. The van der Waals surface area contributed by atoms with E-state index in [2.05, 4.69) is 10.1 Å². The van der Waals surface area contributed by atoms with Crippen molar-refractivity contribution in [2.45, 2.75) is 6.54 Å². The average Bonchev–Trinajstić information content (AvgIpc) is 2.92. The third-order valence-electron chi connectivity index (χ3n) is 3.05. The van der Waals surface area contributed by atoms with E-state index in [0.29, 0.717) is 28.6 Å². The van der Waals surface area contributed by atoms with Crippen LogP contribution in [0, 0.1) is 5.82 Å². The van der Waals surface area contributed by atoms with E-state index in [0.717, 1.165) is 5.56 Å². The highest BCUT2D eigenvalue weighted by atomic mass is 35.5. The molecule has 0 amide bonds. The summed E-state index contributed by atoms with van der Waals surface area (Å²) in [5.74, 6) is 0.260. The van der Waals surface area contributed by atoms with E-state index >= 15 is 0 Å². The van der Waals surface area contributed by atoms with E-state index in [-0.39, 0.29) is 5.82 Å². The van der Waals surface area contributed by atoms with Crippen LogP contribution in [0.3, 0.4) is 0 Å². The second kappa shape index (κ2) is 5.54. The summed E-state index contributed by atoms with van der Waals surface area (Å²) in [6.07, 6.45) is 1.59. The van der Waals surface area contributed by atoms with Crippen molar-refractivity contribution in [1.29, 1.82) is 0 Å². The van der Waals surface area contributed by atoms with E-state index in [9.17, 15) is 4.39 Å². The molecule has 1 aromatic heterocycles. The minimum Gasteiger partial charge on any atom is -0.399 e. The van der Waals surface area contributed by atoms with E-state index in [1.54, 1.807) is 23.1 Å². The molecule has 2 aromatic carbocycles. The van der Waals surface area contributed by atoms with Crippen molar-refractivity contribution in [1.82, 2.24) is 14.8 Å². The molecule has 0 aliphatic carbocycles. The number of halogens is 2. The van der Waals surface area contributed by atoms with Gasteiger partial charge in [-0.3, -0.25) is 0 Å². The van der Waals surface area contributed by atoms with Crippen molar-refractivity contribution in [3.63, 3.8) is 0 Å². The molecule has 0 unspecified atom stereocenters. The summed E-state index contributed by atoms with van der Waals surface area (Å²) in [7, 11) is 0. The molecule has 0 spiro atoms. The Morgan fingerprint density at radius 2 is 1.90 bits per heavy atom. The van der Waals surface area contributed by atoms with Gasteiger partial charge in [-0.2, -0.15) is 5.10 Å². The summed E-state index contributed by atoms with van der Waals surface area (Å²) >= 11 is 6.05. The molecule has 3 rings (SSSR count). The molecule has 1 heterocycles. The maximum absolute atomic E-state index is 13.2. The molecule has 21 heavy (non-hydrogen) atoms. The van der Waals surface area contributed by atoms with Crippen molar-refractivity contribution in [2.75, 3.05) is 5.73 Å². The summed E-state index contributed by atoms with van der Waals surface area (Å²) in [6, 6.07) is 11.5. The zero-order valence-corrected chi connectivity index (χ0v) is 11.8. The molecule has 0 aliphatic rings. The minimum absolute atomic E-state index is 0.326. The summed E-state index contributed by atoms with van der Waals surface area (Å²) in [5, 5.41) is 4.86. The highest BCUT2D eigenvalue weighted by molar-refractivity contribution is 6.31. The number of anilines is 1. The third-order valence-corrected chi connectivity index (χ3v) is 3.41. The third kappa shape index (κ3) is 3.03. The Kier molecular flexibility index (Phi) is 3.58. The van der Waals surface area contributed by atoms with Crippen LogP contribution in [0.5, 0.6) is 0 Å². The Morgan fingerprint density at radius 3 is 2.67 bits per heavy atom. The topological polar surface area (TPSA) is 56.7 Å². The van der Waals surface area contributed by atoms with Crippen molar-refractivity contribution >= 4 is 17.3 Å². The van der Waals surface area contributed by atoms with Crippen molar-refractivity contribution in [2.24, 2.45) is 0 Å². The molecule has 106 valence electrons. The molecule has 0 radical (unpaired) electrons. The van der Waals surface area contributed by atoms with Gasteiger partial charge in [0.1, 0.15) is 12.1 Å². The van der Waals surface area contributed by atoms with Gasteiger partial charge in [-0.1, -0.05) is 11.6 Å². The maximum Gasteiger partial charge on any atom is 0.181 e. The monoisotopic (exact) mass is 302 g/mol. The Bertz CT molecular complexity index is 768. The predicted molar refractivity (Wildman–Crippen MR) is 80.4 cm³/mol. The van der Waals surface area contributed by atoms with E-state index in [1.165, 1.54) is 18.2 Å². The number of nitrogens with two attached hydrogens (primary N) is 1. The van der Waals surface area contributed by atoms with Crippen molar-refractivity contribution in [3.05, 3.63) is 65.2 Å². The van der Waals surface area contributed by atoms with Gasteiger partial charge < -0.3 is 5.73 Å². The highest BCUT2D eigenvalue weighted by Crippen LogP contribution is 2.19. The number of hydrogen-bond acceptors (Lipinski definition) is 3. The van der Waals surface area contributed by atoms with E-state index in [1.807, 2.05) is 12.1 Å². The fraction of sp³-hybridized carbons (Fsp3) is 0.0667. The van der Waals surface area contributed by atoms with Gasteiger partial charge in [-0.05, 0) is 48.0 Å². The molecular formula is C15H12ClFN4. The van der Waals surface area contributed by atoms with Crippen LogP contribution in [0.15, 0.2) is 48.8 Å². The lowest BCUT2D eigenvalue weighted by Crippen LogP contribution is -2.01. The molecule has 2 N–H and O–H groups in total. The quantitative estimate of drug-likeness (QED) is 0.755. The van der Waals surface area contributed by atoms with Gasteiger partial charge in [0, 0.05) is 16.3 Å². The standard InChI is InChI=1S/C15H12ClFN4/c16-14-6-3-12(17)7-11(14)8-21-9-19-15(20-21)10-1-4-13(18)5-2-10/h1-7,9H,8,18H2. The fourth-order valence-electron chi connectivity index (χ4n) is 1.97. The van der Waals surface area contributed by atoms with Gasteiger partial charge in [-0.25, -0.2) is 14.1 Å². The largest absolute Gasteiger partial charge is 0.399 e. The number of rotatable bonds is 3. The van der Waals surface area contributed by atoms with Crippen LogP contribution in [-0.2, 0) is 6.54 Å². The first kappa shape index (κ1) is 13.6. The van der Waals surface area contributed by atoms with Crippen LogP contribution in [0.25, 0.3) is 11.4 Å². The number of nitrogen functional groups attached to an aromatic ring is 1. The molecule has 0 saturated heterocycles. The normalized spacial score (nSPS) is 10.8. The fourth-order valence-corrected chi connectivity index (χ4v) is 2.15. The van der Waals surface area contributed by atoms with Crippen LogP contribution in [0.4, 0.5) is 10.1 Å². The Hall–Kier alpha value is -2.40. The molecular weight excluding hydrogens is 291 g/mol. The summed E-state index contributed by atoms with van der Waals surface area (Å²) < 4.78 is 14.9. The van der Waals surface area contributed by atoms with Gasteiger partial charge in [0.05, 0.1) is 6.54 Å². The van der Waals surface area contributed by atoms with Gasteiger partial charge in [-0.15, -0.1) is 0 Å². The minimum atomic E-state index is -0.326. The zero-order valence-electron chi connectivity index (χ0n) is 11.0. The number of aromatic nitrogens is 3. The average molecular weight is 303 g/mol. The van der Waals surface area contributed by atoms with Crippen molar-refractivity contribution in [3.8, 4) is 11.4 Å². The van der Waals surface area contributed by atoms with Gasteiger partial charge in [0.15, 0.2) is 5.82 Å². The Balaban J connectivity index is 1.85. The maximum atomic E-state index is 13.2. The molecule has 6 heteroatoms. The van der Waals surface area contributed by atoms with Crippen LogP contribution in [-0.4, -0.2) is 14.8 Å². The van der Waals surface area contributed by atoms with Gasteiger partial charge in [0.2, 0.25) is 0 Å². The molecule has 3 aromatic rings. The molecule has 0 atom stereocenters. The lowest BCUT2D eigenvalue weighted by molar-refractivity contribution is 0.619. The Morgan fingerprint density at radius 1 is 1.14 bits per heavy atom. The summed E-state index contributed by atoms with van der Waals surface area (Å²) in [5.41, 5.74) is 7.86. The second-order valence-corrected chi connectivity index (χ2v) is 5.03. The predicted octanol–water partition coefficient (Wildman–Crippen LogP) is 3.37. The lowest BCUT2D eigenvalue weighted by Gasteiger charge is -2.04. The molecule has 0 fully saturated rings. The highest BCUT2D eigenvalue weighted by Gasteiger charge is 2.07. The Labute approximate surface area is 126 Å². The lowest BCUT2D eigenvalue weighted by atomic mass is 10.2. The molecule has 0 bridgehead atoms. The first-order chi connectivity index (χ1) is 10.1. The van der Waals surface area contributed by atoms with Crippen molar-refractivity contribution < 1.29 is 4.39 Å². The molecule has 0 saturated carbocycles. The SMILES string of the molecule is Nc1ccc(-c2ncn(Cc3cc(F)ccc3Cl)n2)cc1. The number of hydrogen-bond donors (Lipinski definition) is 1. The zero-order chi connectivity index (χ0) is 14.8. The van der Waals surface area contributed by atoms with Crippen LogP contribution in [0.2, 0.25) is 5.02 Å². The van der Waals surface area contributed by atoms with Gasteiger partial charge in [0.25, 0.3) is 0 Å². The van der Waals surface area contributed by atoms with Crippen LogP contribution >= 0.6 is 11.6 Å². The summed E-state index contributed by atoms with van der Waals surface area (Å²) in [4.78, 5) is 4.24. The van der Waals surface area contributed by atoms with Crippen LogP contribution < -0.4 is 5.73 Å². The van der Waals surface area contributed by atoms with E-state index in [4.69, 9.17) is 17.3 Å². The smallest absolute Gasteiger partial charge is 0.181 e. The molecule has 0 aliphatic heterocycles. The van der Waals surface area contributed by atoms with E-state index < -0.39 is 0 Å². The van der Waals surface area contributed by atoms with Crippen LogP contribution in [0.1, 0.15) is 5.56 Å². The first-order valence-corrected chi connectivity index (χ1v) is 6.69. The first-order valence-electron chi connectivity index (χ1n) is 6.31. The number of nitrogens with zero attached hydrogens (tertiary/aromatic N) is 3. The molecule has 4 nitrogen and oxygen atoms in total. The van der Waals surface area contributed by atoms with Gasteiger partial charge >= 0.3 is 0 Å². The summed E-state index contributed by atoms with van der Waals surface area (Å²) in [6.45, 7) is 0.360. The number of benzene rings is 2.